The fraction of sp³-hybridized carbons (Fsp3) is 0.538. The van der Waals surface area contributed by atoms with Crippen molar-refractivity contribution >= 4 is 0 Å². The SMILES string of the molecule is COCCCOCc1ccc2c(c1)CC2. The van der Waals surface area contributed by atoms with E-state index in [-0.39, 0.29) is 0 Å². The number of rotatable bonds is 6. The highest BCUT2D eigenvalue weighted by molar-refractivity contribution is 5.38. The highest BCUT2D eigenvalue weighted by atomic mass is 16.5. The van der Waals surface area contributed by atoms with Crippen LogP contribution in [0.15, 0.2) is 18.2 Å². The van der Waals surface area contributed by atoms with Gasteiger partial charge in [-0.25, -0.2) is 0 Å². The summed E-state index contributed by atoms with van der Waals surface area (Å²) < 4.78 is 10.5. The van der Waals surface area contributed by atoms with Gasteiger partial charge in [0.15, 0.2) is 0 Å². The van der Waals surface area contributed by atoms with Crippen molar-refractivity contribution in [3.8, 4) is 0 Å². The molecule has 82 valence electrons. The zero-order valence-electron chi connectivity index (χ0n) is 9.29. The van der Waals surface area contributed by atoms with E-state index in [0.717, 1.165) is 26.2 Å². The molecule has 0 spiro atoms. The minimum absolute atomic E-state index is 0.733. The van der Waals surface area contributed by atoms with Gasteiger partial charge in [0.05, 0.1) is 6.61 Å². The van der Waals surface area contributed by atoms with Crippen LogP contribution in [0.4, 0.5) is 0 Å². The number of benzene rings is 1. The smallest absolute Gasteiger partial charge is 0.0716 e. The van der Waals surface area contributed by atoms with Crippen LogP contribution in [-0.2, 0) is 28.9 Å². The van der Waals surface area contributed by atoms with Gasteiger partial charge >= 0.3 is 0 Å². The number of fused-ring (bicyclic) bond motifs is 1. The van der Waals surface area contributed by atoms with Crippen LogP contribution in [-0.4, -0.2) is 20.3 Å². The molecule has 0 atom stereocenters. The largest absolute Gasteiger partial charge is 0.385 e. The van der Waals surface area contributed by atoms with E-state index in [1.54, 1.807) is 7.11 Å². The van der Waals surface area contributed by atoms with Gasteiger partial charge < -0.3 is 9.47 Å². The van der Waals surface area contributed by atoms with E-state index in [1.807, 2.05) is 0 Å². The molecule has 2 heteroatoms. The number of hydrogen-bond acceptors (Lipinski definition) is 2. The van der Waals surface area contributed by atoms with Crippen molar-refractivity contribution < 1.29 is 9.47 Å². The number of aryl methyl sites for hydroxylation is 2. The lowest BCUT2D eigenvalue weighted by Crippen LogP contribution is -2.09. The molecule has 0 N–H and O–H groups in total. The quantitative estimate of drug-likeness (QED) is 0.665. The van der Waals surface area contributed by atoms with E-state index in [9.17, 15) is 0 Å². The first-order chi connectivity index (χ1) is 7.40. The molecule has 2 nitrogen and oxygen atoms in total. The molecule has 1 aliphatic carbocycles. The van der Waals surface area contributed by atoms with Gasteiger partial charge in [0.1, 0.15) is 0 Å². The van der Waals surface area contributed by atoms with E-state index < -0.39 is 0 Å². The van der Waals surface area contributed by atoms with Gasteiger partial charge in [0.25, 0.3) is 0 Å². The van der Waals surface area contributed by atoms with Crippen molar-refractivity contribution in [2.24, 2.45) is 0 Å². The molecule has 0 saturated heterocycles. The maximum Gasteiger partial charge on any atom is 0.0716 e. The predicted molar refractivity (Wildman–Crippen MR) is 60.0 cm³/mol. The first kappa shape index (κ1) is 10.7. The van der Waals surface area contributed by atoms with Crippen LogP contribution in [0, 0.1) is 0 Å². The zero-order chi connectivity index (χ0) is 10.5. The van der Waals surface area contributed by atoms with Crippen molar-refractivity contribution in [2.45, 2.75) is 25.9 Å². The van der Waals surface area contributed by atoms with Crippen LogP contribution in [0.2, 0.25) is 0 Å². The van der Waals surface area contributed by atoms with Crippen molar-refractivity contribution in [2.75, 3.05) is 20.3 Å². The maximum absolute atomic E-state index is 5.56. The molecule has 0 fully saturated rings. The molecule has 0 bridgehead atoms. The molecule has 0 unspecified atom stereocenters. The van der Waals surface area contributed by atoms with Crippen molar-refractivity contribution in [1.82, 2.24) is 0 Å². The maximum atomic E-state index is 5.56. The number of hydrogen-bond donors (Lipinski definition) is 0. The number of methoxy groups -OCH3 is 1. The van der Waals surface area contributed by atoms with Crippen LogP contribution < -0.4 is 0 Å². The lowest BCUT2D eigenvalue weighted by molar-refractivity contribution is 0.0928. The topological polar surface area (TPSA) is 18.5 Å². The third-order valence-electron chi connectivity index (χ3n) is 2.84. The summed E-state index contributed by atoms with van der Waals surface area (Å²) in [6.45, 7) is 2.30. The second-order valence-electron chi connectivity index (χ2n) is 4.00. The molecular weight excluding hydrogens is 188 g/mol. The third kappa shape index (κ3) is 2.80. The second-order valence-corrected chi connectivity index (χ2v) is 4.00. The van der Waals surface area contributed by atoms with Gasteiger partial charge in [-0.3, -0.25) is 0 Å². The third-order valence-corrected chi connectivity index (χ3v) is 2.84. The lowest BCUT2D eigenvalue weighted by Gasteiger charge is -2.19. The summed E-state index contributed by atoms with van der Waals surface area (Å²) in [5, 5.41) is 0. The Kier molecular flexibility index (Phi) is 3.75. The number of ether oxygens (including phenoxy) is 2. The Balaban J connectivity index is 1.72. The highest BCUT2D eigenvalue weighted by Crippen LogP contribution is 2.23. The van der Waals surface area contributed by atoms with Gasteiger partial charge in [-0.05, 0) is 36.0 Å². The first-order valence-electron chi connectivity index (χ1n) is 5.57. The molecule has 1 aromatic carbocycles. The molecule has 0 aromatic heterocycles. The molecule has 0 aliphatic heterocycles. The molecule has 0 saturated carbocycles. The summed E-state index contributed by atoms with van der Waals surface area (Å²) >= 11 is 0. The molecule has 15 heavy (non-hydrogen) atoms. The molecule has 1 aliphatic rings. The fourth-order valence-electron chi connectivity index (χ4n) is 1.83. The van der Waals surface area contributed by atoms with E-state index in [0.29, 0.717) is 0 Å². The molecule has 0 radical (unpaired) electrons. The second kappa shape index (κ2) is 5.29. The van der Waals surface area contributed by atoms with Crippen LogP contribution in [0.1, 0.15) is 23.1 Å². The Labute approximate surface area is 91.2 Å². The van der Waals surface area contributed by atoms with Crippen molar-refractivity contribution in [3.05, 3.63) is 34.9 Å². The molecular formula is C13H18O2. The van der Waals surface area contributed by atoms with Crippen LogP contribution >= 0.6 is 0 Å². The van der Waals surface area contributed by atoms with Crippen LogP contribution in [0.3, 0.4) is 0 Å². The lowest BCUT2D eigenvalue weighted by atomic mass is 9.87. The fourth-order valence-corrected chi connectivity index (χ4v) is 1.83. The summed E-state index contributed by atoms with van der Waals surface area (Å²) in [5.41, 5.74) is 4.32. The summed E-state index contributed by atoms with van der Waals surface area (Å²) in [4.78, 5) is 0. The van der Waals surface area contributed by atoms with Crippen molar-refractivity contribution in [3.63, 3.8) is 0 Å². The Bertz CT molecular complexity index is 320. The van der Waals surface area contributed by atoms with Gasteiger partial charge in [-0.1, -0.05) is 18.2 Å². The van der Waals surface area contributed by atoms with Gasteiger partial charge in [0.2, 0.25) is 0 Å². The molecule has 1 aromatic rings. The van der Waals surface area contributed by atoms with E-state index in [1.165, 1.54) is 29.5 Å². The van der Waals surface area contributed by atoms with E-state index >= 15 is 0 Å². The average molecular weight is 206 g/mol. The Hall–Kier alpha value is -0.860. The monoisotopic (exact) mass is 206 g/mol. The first-order valence-corrected chi connectivity index (χ1v) is 5.57. The van der Waals surface area contributed by atoms with Gasteiger partial charge in [-0.15, -0.1) is 0 Å². The standard InChI is InChI=1S/C13H18O2/c1-14-7-2-8-15-10-11-3-4-12-5-6-13(12)9-11/h3-4,9H,2,5-8,10H2,1H3. The molecule has 2 rings (SSSR count). The van der Waals surface area contributed by atoms with Crippen LogP contribution in [0.5, 0.6) is 0 Å². The zero-order valence-corrected chi connectivity index (χ0v) is 9.29. The summed E-state index contributed by atoms with van der Waals surface area (Å²) in [7, 11) is 1.72. The highest BCUT2D eigenvalue weighted by Gasteiger charge is 2.12. The Morgan fingerprint density at radius 1 is 1.13 bits per heavy atom. The minimum atomic E-state index is 0.733. The summed E-state index contributed by atoms with van der Waals surface area (Å²) in [6.07, 6.45) is 3.47. The normalized spacial score (nSPS) is 13.4. The Morgan fingerprint density at radius 2 is 2.00 bits per heavy atom. The summed E-state index contributed by atoms with van der Waals surface area (Å²) in [6, 6.07) is 6.68. The Morgan fingerprint density at radius 3 is 2.67 bits per heavy atom. The predicted octanol–water partition coefficient (Wildman–Crippen LogP) is 2.34. The van der Waals surface area contributed by atoms with Crippen LogP contribution in [0.25, 0.3) is 0 Å². The minimum Gasteiger partial charge on any atom is -0.385 e. The van der Waals surface area contributed by atoms with Crippen molar-refractivity contribution in [1.29, 1.82) is 0 Å². The average Bonchev–Trinajstić information content (AvgIpc) is 2.21. The van der Waals surface area contributed by atoms with Gasteiger partial charge in [0, 0.05) is 20.3 Å². The molecule has 0 amide bonds. The summed E-state index contributed by atoms with van der Waals surface area (Å²) in [5.74, 6) is 0. The van der Waals surface area contributed by atoms with E-state index in [2.05, 4.69) is 18.2 Å². The van der Waals surface area contributed by atoms with E-state index in [4.69, 9.17) is 9.47 Å². The van der Waals surface area contributed by atoms with Gasteiger partial charge in [-0.2, -0.15) is 0 Å². The molecule has 0 heterocycles.